The van der Waals surface area contributed by atoms with Crippen LogP contribution in [0.1, 0.15) is 63.7 Å². The van der Waals surface area contributed by atoms with Crippen molar-refractivity contribution in [2.75, 3.05) is 6.61 Å². The molecule has 1 saturated carbocycles. The number of rotatable bonds is 5. The Morgan fingerprint density at radius 1 is 1.13 bits per heavy atom. The first kappa shape index (κ1) is 17.8. The van der Waals surface area contributed by atoms with Crippen LogP contribution >= 0.6 is 0 Å². The van der Waals surface area contributed by atoms with Gasteiger partial charge in [0.2, 0.25) is 0 Å². The van der Waals surface area contributed by atoms with E-state index in [1.165, 1.54) is 0 Å². The van der Waals surface area contributed by atoms with Crippen LogP contribution in [0.25, 0.3) is 0 Å². The summed E-state index contributed by atoms with van der Waals surface area (Å²) >= 11 is 0. The Balaban J connectivity index is 1.77. The van der Waals surface area contributed by atoms with Crippen molar-refractivity contribution in [2.45, 2.75) is 53.4 Å². The molecule has 1 fully saturated rings. The maximum Gasteiger partial charge on any atom is 0.373 e. The zero-order valence-corrected chi connectivity index (χ0v) is 14.6. The summed E-state index contributed by atoms with van der Waals surface area (Å²) in [5.41, 5.74) is 0.780. The Hall–Kier alpha value is -1.55. The minimum Gasteiger partial charge on any atom is -0.494 e. The van der Waals surface area contributed by atoms with Crippen molar-refractivity contribution >= 4 is 5.97 Å². The first-order chi connectivity index (χ1) is 10.9. The topological polar surface area (TPSA) is 44.8 Å². The molecule has 0 bridgehead atoms. The molecule has 0 spiro atoms. The molecule has 2 rings (SSSR count). The molecule has 0 atom stereocenters. The summed E-state index contributed by atoms with van der Waals surface area (Å²) < 4.78 is 5.35. The third-order valence-corrected chi connectivity index (χ3v) is 4.40. The fourth-order valence-electron chi connectivity index (χ4n) is 2.89. The van der Waals surface area contributed by atoms with E-state index in [0.29, 0.717) is 23.5 Å². The number of ether oxygens (including phenoxy) is 1. The quantitative estimate of drug-likeness (QED) is 0.569. The number of benzene rings is 1. The Morgan fingerprint density at radius 2 is 1.74 bits per heavy atom. The smallest absolute Gasteiger partial charge is 0.373 e. The van der Waals surface area contributed by atoms with Gasteiger partial charge in [0.25, 0.3) is 0 Å². The third kappa shape index (κ3) is 5.24. The van der Waals surface area contributed by atoms with Crippen LogP contribution in [0.4, 0.5) is 0 Å². The molecule has 127 valence electrons. The molecule has 4 heteroatoms. The first-order valence-corrected chi connectivity index (χ1v) is 8.36. The fourth-order valence-corrected chi connectivity index (χ4v) is 2.89. The van der Waals surface area contributed by atoms with Crippen molar-refractivity contribution in [1.29, 1.82) is 0 Å². The maximum absolute atomic E-state index is 12.0. The van der Waals surface area contributed by atoms with E-state index in [-0.39, 0.29) is 0 Å². The van der Waals surface area contributed by atoms with Crippen LogP contribution < -0.4 is 4.74 Å². The van der Waals surface area contributed by atoms with E-state index in [2.05, 4.69) is 20.8 Å². The number of carbonyl (C=O) groups is 1. The standard InChI is InChI=1S/C19H27O4/c1-5-21-16-10-6-14(7-11-16)18(20)23-22-17-12-8-15(9-13-17)19(2,3)4/h6-7,10-11,15H,5,8-9,12-13H2,1-4H3. The second-order valence-electron chi connectivity index (χ2n) is 7.09. The lowest BCUT2D eigenvalue weighted by atomic mass is 9.72. The number of hydrogen-bond donors (Lipinski definition) is 0. The molecule has 1 radical (unpaired) electrons. The second-order valence-corrected chi connectivity index (χ2v) is 7.09. The lowest BCUT2D eigenvalue weighted by Gasteiger charge is -2.35. The van der Waals surface area contributed by atoms with E-state index in [1.807, 2.05) is 6.92 Å². The van der Waals surface area contributed by atoms with Crippen LogP contribution in [0.3, 0.4) is 0 Å². The first-order valence-electron chi connectivity index (χ1n) is 8.36. The van der Waals surface area contributed by atoms with Gasteiger partial charge in [-0.15, -0.1) is 0 Å². The average Bonchev–Trinajstić information content (AvgIpc) is 2.53. The van der Waals surface area contributed by atoms with Gasteiger partial charge >= 0.3 is 5.97 Å². The zero-order chi connectivity index (χ0) is 16.9. The molecule has 0 aliphatic heterocycles. The molecule has 4 nitrogen and oxygen atoms in total. The predicted molar refractivity (Wildman–Crippen MR) is 88.8 cm³/mol. The van der Waals surface area contributed by atoms with Crippen molar-refractivity contribution in [3.05, 3.63) is 35.9 Å². The normalized spacial score (nSPS) is 17.0. The molecular formula is C19H27O4. The van der Waals surface area contributed by atoms with Crippen molar-refractivity contribution < 1.29 is 19.3 Å². The Kier molecular flexibility index (Phi) is 6.05. The summed E-state index contributed by atoms with van der Waals surface area (Å²) in [5.74, 6) is 0.954. The van der Waals surface area contributed by atoms with Crippen LogP contribution in [0, 0.1) is 17.4 Å². The maximum atomic E-state index is 12.0. The summed E-state index contributed by atoms with van der Waals surface area (Å²) in [6, 6.07) is 6.86. The molecule has 23 heavy (non-hydrogen) atoms. The van der Waals surface area contributed by atoms with Gasteiger partial charge < -0.3 is 4.74 Å². The van der Waals surface area contributed by atoms with Gasteiger partial charge in [0.05, 0.1) is 12.2 Å². The fraction of sp³-hybridized carbons (Fsp3) is 0.579. The van der Waals surface area contributed by atoms with Gasteiger partial charge in [-0.05, 0) is 68.2 Å². The average molecular weight is 319 g/mol. The van der Waals surface area contributed by atoms with Crippen molar-refractivity contribution in [3.8, 4) is 5.75 Å². The Labute approximate surface area is 139 Å². The molecule has 1 aromatic carbocycles. The number of carbonyl (C=O) groups excluding carboxylic acids is 1. The van der Waals surface area contributed by atoms with Crippen molar-refractivity contribution in [2.24, 2.45) is 11.3 Å². The summed E-state index contributed by atoms with van der Waals surface area (Å²) in [6.45, 7) is 9.34. The monoisotopic (exact) mass is 319 g/mol. The summed E-state index contributed by atoms with van der Waals surface area (Å²) in [5, 5.41) is 0. The van der Waals surface area contributed by atoms with Crippen molar-refractivity contribution in [1.82, 2.24) is 0 Å². The molecular weight excluding hydrogens is 292 g/mol. The highest BCUT2D eigenvalue weighted by molar-refractivity contribution is 5.89. The molecule has 1 aliphatic carbocycles. The van der Waals surface area contributed by atoms with E-state index in [0.717, 1.165) is 37.5 Å². The highest BCUT2D eigenvalue weighted by atomic mass is 17.2. The third-order valence-electron chi connectivity index (χ3n) is 4.40. The van der Waals surface area contributed by atoms with Crippen LogP contribution in [-0.2, 0) is 9.78 Å². The van der Waals surface area contributed by atoms with Gasteiger partial charge in [-0.3, -0.25) is 4.89 Å². The largest absolute Gasteiger partial charge is 0.494 e. The summed E-state index contributed by atoms with van der Waals surface area (Å²) in [6.07, 6.45) is 4.75. The highest BCUT2D eigenvalue weighted by Gasteiger charge is 2.31. The van der Waals surface area contributed by atoms with E-state index in [4.69, 9.17) is 14.5 Å². The van der Waals surface area contributed by atoms with Gasteiger partial charge in [0, 0.05) is 0 Å². The van der Waals surface area contributed by atoms with E-state index < -0.39 is 5.97 Å². The molecule has 1 aliphatic rings. The summed E-state index contributed by atoms with van der Waals surface area (Å²) in [4.78, 5) is 22.2. The molecule has 0 N–H and O–H groups in total. The van der Waals surface area contributed by atoms with Crippen LogP contribution in [0.2, 0.25) is 0 Å². The van der Waals surface area contributed by atoms with Gasteiger partial charge in [-0.2, -0.15) is 4.89 Å². The van der Waals surface area contributed by atoms with E-state index in [1.54, 1.807) is 24.3 Å². The second kappa shape index (κ2) is 7.82. The van der Waals surface area contributed by atoms with Crippen LogP contribution in [0.15, 0.2) is 24.3 Å². The Morgan fingerprint density at radius 3 is 2.26 bits per heavy atom. The molecule has 1 aromatic rings. The van der Waals surface area contributed by atoms with Crippen LogP contribution in [0.5, 0.6) is 5.75 Å². The minimum atomic E-state index is -0.474. The number of hydrogen-bond acceptors (Lipinski definition) is 4. The molecule has 0 aromatic heterocycles. The van der Waals surface area contributed by atoms with Gasteiger partial charge in [-0.25, -0.2) is 4.79 Å². The molecule has 0 amide bonds. The van der Waals surface area contributed by atoms with E-state index >= 15 is 0 Å². The predicted octanol–water partition coefficient (Wildman–Crippen LogP) is 4.94. The highest BCUT2D eigenvalue weighted by Crippen LogP contribution is 2.40. The summed E-state index contributed by atoms with van der Waals surface area (Å²) in [7, 11) is 0. The lowest BCUT2D eigenvalue weighted by Crippen LogP contribution is -2.26. The van der Waals surface area contributed by atoms with Crippen LogP contribution in [-0.4, -0.2) is 12.6 Å². The molecule has 0 heterocycles. The zero-order valence-electron chi connectivity index (χ0n) is 14.6. The lowest BCUT2D eigenvalue weighted by molar-refractivity contribution is -0.241. The SMILES string of the molecule is CCOc1ccc(C(=O)OO[C]2CCC(C(C)(C)C)CC2)cc1. The van der Waals surface area contributed by atoms with Gasteiger partial charge in [0.15, 0.2) is 0 Å². The molecule has 0 saturated heterocycles. The van der Waals surface area contributed by atoms with Gasteiger partial charge in [-0.1, -0.05) is 20.8 Å². The molecule has 0 unspecified atom stereocenters. The Bertz CT molecular complexity index is 493. The van der Waals surface area contributed by atoms with Crippen molar-refractivity contribution in [3.63, 3.8) is 0 Å². The van der Waals surface area contributed by atoms with E-state index in [9.17, 15) is 4.79 Å². The minimum absolute atomic E-state index is 0.324. The van der Waals surface area contributed by atoms with Gasteiger partial charge in [0.1, 0.15) is 11.9 Å².